The fourth-order valence-corrected chi connectivity index (χ4v) is 5.70. The predicted octanol–water partition coefficient (Wildman–Crippen LogP) is 2.62. The molecule has 0 bridgehead atoms. The van der Waals surface area contributed by atoms with Gasteiger partial charge in [0, 0.05) is 26.3 Å². The Morgan fingerprint density at radius 1 is 1.15 bits per heavy atom. The first-order valence-corrected chi connectivity index (χ1v) is 11.0. The Hall–Kier alpha value is -2.12. The number of hydrogen-bond donors (Lipinski definition) is 1. The molecule has 2 aromatic rings. The van der Waals surface area contributed by atoms with Gasteiger partial charge in [-0.1, -0.05) is 24.3 Å². The minimum atomic E-state index is -3.52. The fraction of sp³-hybridized carbons (Fsp3) is 0.450. The van der Waals surface area contributed by atoms with Gasteiger partial charge in [-0.2, -0.15) is 4.31 Å². The zero-order valence-electron chi connectivity index (χ0n) is 15.5. The van der Waals surface area contributed by atoms with Crippen molar-refractivity contribution in [3.8, 4) is 0 Å². The standard InChI is InChI=1S/C20H25N3O3S/c1-22-14-16(27(25,26)23-11-4-5-12-23)13-19(22)20(24)21-18-10-6-8-15-7-2-3-9-17(15)18/h2-3,7,9,13-14,18H,4-6,8,10-12H2,1H3,(H,21,24). The van der Waals surface area contributed by atoms with Gasteiger partial charge >= 0.3 is 0 Å². The molecule has 1 aliphatic carbocycles. The van der Waals surface area contributed by atoms with Gasteiger partial charge in [0.25, 0.3) is 5.91 Å². The number of hydrogen-bond acceptors (Lipinski definition) is 3. The van der Waals surface area contributed by atoms with E-state index in [1.54, 1.807) is 11.6 Å². The van der Waals surface area contributed by atoms with Gasteiger partial charge in [0.2, 0.25) is 10.0 Å². The molecule has 0 saturated carbocycles. The summed E-state index contributed by atoms with van der Waals surface area (Å²) in [5.74, 6) is -0.234. The molecule has 4 rings (SSSR count). The molecule has 7 heteroatoms. The molecular formula is C20H25N3O3S. The Kier molecular flexibility index (Phi) is 4.82. The molecule has 2 heterocycles. The smallest absolute Gasteiger partial charge is 0.268 e. The molecule has 1 fully saturated rings. The van der Waals surface area contributed by atoms with E-state index in [9.17, 15) is 13.2 Å². The number of sulfonamides is 1. The van der Waals surface area contributed by atoms with E-state index >= 15 is 0 Å². The molecule has 1 amide bonds. The van der Waals surface area contributed by atoms with Crippen LogP contribution in [0.3, 0.4) is 0 Å². The minimum absolute atomic E-state index is 0.0315. The van der Waals surface area contributed by atoms with Crippen molar-refractivity contribution in [1.29, 1.82) is 0 Å². The summed E-state index contributed by atoms with van der Waals surface area (Å²) in [7, 11) is -1.81. The zero-order valence-corrected chi connectivity index (χ0v) is 16.3. The molecule has 2 aliphatic rings. The lowest BCUT2D eigenvalue weighted by Gasteiger charge is -2.26. The Bertz CT molecular complexity index is 959. The molecule has 0 spiro atoms. The normalized spacial score (nSPS) is 20.4. The average molecular weight is 388 g/mol. The van der Waals surface area contributed by atoms with Crippen LogP contribution >= 0.6 is 0 Å². The van der Waals surface area contributed by atoms with Crippen LogP contribution in [0.4, 0.5) is 0 Å². The first kappa shape index (κ1) is 18.3. The Morgan fingerprint density at radius 2 is 1.89 bits per heavy atom. The quantitative estimate of drug-likeness (QED) is 0.877. The van der Waals surface area contributed by atoms with Crippen molar-refractivity contribution in [2.24, 2.45) is 7.05 Å². The third kappa shape index (κ3) is 3.41. The predicted molar refractivity (Wildman–Crippen MR) is 103 cm³/mol. The van der Waals surface area contributed by atoms with Gasteiger partial charge in [0.15, 0.2) is 0 Å². The van der Waals surface area contributed by atoms with Crippen molar-refractivity contribution < 1.29 is 13.2 Å². The van der Waals surface area contributed by atoms with Crippen LogP contribution in [-0.4, -0.2) is 36.3 Å². The molecule has 6 nitrogen and oxygen atoms in total. The number of aryl methyl sites for hydroxylation is 2. The minimum Gasteiger partial charge on any atom is -0.345 e. The summed E-state index contributed by atoms with van der Waals surface area (Å²) < 4.78 is 28.6. The van der Waals surface area contributed by atoms with Gasteiger partial charge in [-0.25, -0.2) is 8.42 Å². The van der Waals surface area contributed by atoms with Crippen molar-refractivity contribution in [1.82, 2.24) is 14.2 Å². The van der Waals surface area contributed by atoms with E-state index in [2.05, 4.69) is 17.4 Å². The first-order chi connectivity index (χ1) is 13.0. The zero-order chi connectivity index (χ0) is 19.0. The first-order valence-electron chi connectivity index (χ1n) is 9.52. The molecule has 1 aliphatic heterocycles. The molecule has 1 aromatic heterocycles. The van der Waals surface area contributed by atoms with Crippen LogP contribution in [0.1, 0.15) is 53.3 Å². The molecule has 1 aromatic carbocycles. The summed E-state index contributed by atoms with van der Waals surface area (Å²) in [6.45, 7) is 1.11. The summed E-state index contributed by atoms with van der Waals surface area (Å²) in [4.78, 5) is 13.1. The number of carbonyl (C=O) groups is 1. The lowest BCUT2D eigenvalue weighted by molar-refractivity contribution is 0.0924. The fourth-order valence-electron chi connectivity index (χ4n) is 4.11. The van der Waals surface area contributed by atoms with Gasteiger partial charge in [0.05, 0.1) is 6.04 Å². The largest absolute Gasteiger partial charge is 0.345 e. The second kappa shape index (κ2) is 7.13. The summed E-state index contributed by atoms with van der Waals surface area (Å²) >= 11 is 0. The second-order valence-electron chi connectivity index (χ2n) is 7.40. The van der Waals surface area contributed by atoms with E-state index in [4.69, 9.17) is 0 Å². The molecule has 27 heavy (non-hydrogen) atoms. The maximum Gasteiger partial charge on any atom is 0.268 e. The van der Waals surface area contributed by atoms with Crippen molar-refractivity contribution in [2.75, 3.05) is 13.1 Å². The SMILES string of the molecule is Cn1cc(S(=O)(=O)N2CCCC2)cc1C(=O)NC1CCCc2ccccc21. The van der Waals surface area contributed by atoms with Crippen LogP contribution in [0, 0.1) is 0 Å². The van der Waals surface area contributed by atoms with Crippen molar-refractivity contribution in [3.63, 3.8) is 0 Å². The summed E-state index contributed by atoms with van der Waals surface area (Å²) in [5, 5.41) is 3.10. The lowest BCUT2D eigenvalue weighted by Crippen LogP contribution is -2.32. The average Bonchev–Trinajstić information content (AvgIpc) is 3.32. The highest BCUT2D eigenvalue weighted by atomic mass is 32.2. The molecule has 1 unspecified atom stereocenters. The number of benzene rings is 1. The van der Waals surface area contributed by atoms with E-state index < -0.39 is 10.0 Å². The van der Waals surface area contributed by atoms with E-state index in [-0.39, 0.29) is 16.8 Å². The maximum atomic E-state index is 12.9. The number of nitrogens with one attached hydrogen (secondary N) is 1. The maximum absolute atomic E-state index is 12.9. The van der Waals surface area contributed by atoms with Gasteiger partial charge in [-0.05, 0) is 49.3 Å². The number of nitrogens with zero attached hydrogens (tertiary/aromatic N) is 2. The Morgan fingerprint density at radius 3 is 2.67 bits per heavy atom. The van der Waals surface area contributed by atoms with Crippen molar-refractivity contribution in [2.45, 2.75) is 43.0 Å². The molecule has 1 atom stereocenters. The van der Waals surface area contributed by atoms with Crippen LogP contribution < -0.4 is 5.32 Å². The number of carbonyl (C=O) groups excluding carboxylic acids is 1. The topological polar surface area (TPSA) is 71.4 Å². The van der Waals surface area contributed by atoms with E-state index in [0.717, 1.165) is 37.7 Å². The molecule has 144 valence electrons. The molecular weight excluding hydrogens is 362 g/mol. The van der Waals surface area contributed by atoms with Crippen LogP contribution in [0.15, 0.2) is 41.4 Å². The second-order valence-corrected chi connectivity index (χ2v) is 9.34. The van der Waals surface area contributed by atoms with Gasteiger partial charge in [-0.3, -0.25) is 4.79 Å². The van der Waals surface area contributed by atoms with Gasteiger partial charge < -0.3 is 9.88 Å². The third-order valence-corrected chi connectivity index (χ3v) is 7.45. The van der Waals surface area contributed by atoms with E-state index in [1.165, 1.54) is 22.1 Å². The molecule has 1 saturated heterocycles. The van der Waals surface area contributed by atoms with Gasteiger partial charge in [-0.15, -0.1) is 0 Å². The highest BCUT2D eigenvalue weighted by Crippen LogP contribution is 2.30. The molecule has 1 N–H and O–H groups in total. The van der Waals surface area contributed by atoms with Crippen molar-refractivity contribution in [3.05, 3.63) is 53.3 Å². The highest BCUT2D eigenvalue weighted by Gasteiger charge is 2.30. The summed E-state index contributed by atoms with van der Waals surface area (Å²) in [6, 6.07) is 9.65. The van der Waals surface area contributed by atoms with Crippen LogP contribution in [0.5, 0.6) is 0 Å². The van der Waals surface area contributed by atoms with E-state index in [1.807, 2.05) is 12.1 Å². The monoisotopic (exact) mass is 387 g/mol. The van der Waals surface area contributed by atoms with Gasteiger partial charge in [0.1, 0.15) is 10.6 Å². The molecule has 0 radical (unpaired) electrons. The Balaban J connectivity index is 1.56. The van der Waals surface area contributed by atoms with E-state index in [0.29, 0.717) is 18.8 Å². The van der Waals surface area contributed by atoms with Crippen LogP contribution in [0.25, 0.3) is 0 Å². The number of rotatable bonds is 4. The Labute approximate surface area is 160 Å². The summed E-state index contributed by atoms with van der Waals surface area (Å²) in [5.41, 5.74) is 2.81. The highest BCUT2D eigenvalue weighted by molar-refractivity contribution is 7.89. The van der Waals surface area contributed by atoms with Crippen molar-refractivity contribution >= 4 is 15.9 Å². The number of fused-ring (bicyclic) bond motifs is 1. The number of aromatic nitrogens is 1. The van der Waals surface area contributed by atoms with Crippen LogP contribution in [0.2, 0.25) is 0 Å². The summed E-state index contributed by atoms with van der Waals surface area (Å²) in [6.07, 6.45) is 6.28. The number of amides is 1. The van der Waals surface area contributed by atoms with Crippen LogP contribution in [-0.2, 0) is 23.5 Å². The lowest BCUT2D eigenvalue weighted by atomic mass is 9.87. The third-order valence-electron chi connectivity index (χ3n) is 5.59.